The van der Waals surface area contributed by atoms with Gasteiger partial charge in [-0.15, -0.1) is 12.4 Å². The van der Waals surface area contributed by atoms with Crippen molar-refractivity contribution in [3.8, 4) is 0 Å². The number of halogens is 1. The van der Waals surface area contributed by atoms with Gasteiger partial charge in [-0.2, -0.15) is 0 Å². The van der Waals surface area contributed by atoms with E-state index in [2.05, 4.69) is 25.1 Å². The molecule has 0 fully saturated rings. The number of carbonyl (C=O) groups is 1. The fraction of sp³-hybridized carbons (Fsp3) is 0.533. The zero-order valence-corrected chi connectivity index (χ0v) is 12.5. The molecule has 19 heavy (non-hydrogen) atoms. The van der Waals surface area contributed by atoms with Crippen LogP contribution in [0.15, 0.2) is 24.3 Å². The molecular formula is C15H23ClN2O. The predicted molar refractivity (Wildman–Crippen MR) is 80.3 cm³/mol. The average Bonchev–Trinajstić information content (AvgIpc) is 2.37. The first-order valence-corrected chi connectivity index (χ1v) is 6.69. The van der Waals surface area contributed by atoms with Gasteiger partial charge in [-0.25, -0.2) is 0 Å². The summed E-state index contributed by atoms with van der Waals surface area (Å²) < 4.78 is 0. The highest BCUT2D eigenvalue weighted by molar-refractivity contribution is 5.86. The number of hydrogen-bond donors (Lipinski definition) is 1. The number of benzene rings is 1. The minimum absolute atomic E-state index is 0. The molecule has 1 atom stereocenters. The van der Waals surface area contributed by atoms with Crippen molar-refractivity contribution in [2.24, 2.45) is 5.73 Å². The maximum Gasteiger partial charge on any atom is 0.242 e. The second-order valence-electron chi connectivity index (χ2n) is 5.41. The average molecular weight is 283 g/mol. The highest BCUT2D eigenvalue weighted by Crippen LogP contribution is 2.22. The van der Waals surface area contributed by atoms with E-state index in [0.717, 1.165) is 25.8 Å². The fourth-order valence-electron chi connectivity index (χ4n) is 2.66. The molecule has 2 N–H and O–H groups in total. The molecule has 1 amide bonds. The number of fused-ring (bicyclic) bond motifs is 1. The van der Waals surface area contributed by atoms with E-state index in [1.54, 1.807) is 0 Å². The molecule has 1 aromatic rings. The van der Waals surface area contributed by atoms with E-state index < -0.39 is 5.54 Å². The first kappa shape index (κ1) is 16.0. The molecule has 3 nitrogen and oxygen atoms in total. The van der Waals surface area contributed by atoms with Gasteiger partial charge < -0.3 is 10.6 Å². The molecule has 0 aromatic heterocycles. The van der Waals surface area contributed by atoms with E-state index in [1.165, 1.54) is 11.1 Å². The minimum Gasteiger partial charge on any atom is -0.336 e. The Labute approximate surface area is 121 Å². The van der Waals surface area contributed by atoms with Crippen molar-refractivity contribution < 1.29 is 4.79 Å². The minimum atomic E-state index is -0.721. The van der Waals surface area contributed by atoms with Crippen LogP contribution in [-0.2, 0) is 17.8 Å². The summed E-state index contributed by atoms with van der Waals surface area (Å²) in [6.45, 7) is 5.39. The Morgan fingerprint density at radius 3 is 2.63 bits per heavy atom. The van der Waals surface area contributed by atoms with Crippen molar-refractivity contribution in [1.82, 2.24) is 4.90 Å². The van der Waals surface area contributed by atoms with E-state index >= 15 is 0 Å². The van der Waals surface area contributed by atoms with E-state index in [9.17, 15) is 4.79 Å². The van der Waals surface area contributed by atoms with E-state index in [1.807, 2.05) is 17.9 Å². The van der Waals surface area contributed by atoms with Gasteiger partial charge in [0.2, 0.25) is 5.91 Å². The van der Waals surface area contributed by atoms with Crippen LogP contribution in [0.1, 0.15) is 37.8 Å². The lowest BCUT2D eigenvalue weighted by atomic mass is 9.93. The van der Waals surface area contributed by atoms with Gasteiger partial charge in [0.15, 0.2) is 0 Å². The van der Waals surface area contributed by atoms with Gasteiger partial charge in [0.1, 0.15) is 0 Å². The van der Waals surface area contributed by atoms with Crippen LogP contribution >= 0.6 is 12.4 Å². The fourth-order valence-corrected chi connectivity index (χ4v) is 2.66. The van der Waals surface area contributed by atoms with Crippen LogP contribution in [0.5, 0.6) is 0 Å². The Balaban J connectivity index is 0.00000180. The normalized spacial score (nSPS) is 17.1. The van der Waals surface area contributed by atoms with Crippen molar-refractivity contribution in [2.75, 3.05) is 6.54 Å². The SMILES string of the molecule is CCCC(C)(N)C(=O)N1CCc2ccccc2C1.Cl. The van der Waals surface area contributed by atoms with E-state index in [4.69, 9.17) is 5.73 Å². The molecule has 0 aliphatic carbocycles. The smallest absolute Gasteiger partial charge is 0.242 e. The van der Waals surface area contributed by atoms with Gasteiger partial charge in [0.05, 0.1) is 5.54 Å². The molecule has 2 rings (SSSR count). The lowest BCUT2D eigenvalue weighted by Gasteiger charge is -2.35. The zero-order valence-electron chi connectivity index (χ0n) is 11.7. The maximum absolute atomic E-state index is 12.4. The second-order valence-corrected chi connectivity index (χ2v) is 5.41. The van der Waals surface area contributed by atoms with Crippen molar-refractivity contribution in [1.29, 1.82) is 0 Å². The van der Waals surface area contributed by atoms with Crippen LogP contribution in [0.25, 0.3) is 0 Å². The molecule has 0 spiro atoms. The summed E-state index contributed by atoms with van der Waals surface area (Å²) in [5.41, 5.74) is 8.02. The maximum atomic E-state index is 12.4. The first-order chi connectivity index (χ1) is 8.54. The third-order valence-electron chi connectivity index (χ3n) is 3.68. The Morgan fingerprint density at radius 2 is 2.00 bits per heavy atom. The standard InChI is InChI=1S/C15H22N2O.ClH/c1-3-9-15(2,16)14(18)17-10-8-12-6-4-5-7-13(12)11-17;/h4-7H,3,8-11,16H2,1-2H3;1H. The molecular weight excluding hydrogens is 260 g/mol. The van der Waals surface area contributed by atoms with Gasteiger partial charge in [-0.1, -0.05) is 37.6 Å². The number of nitrogens with two attached hydrogens (primary N) is 1. The van der Waals surface area contributed by atoms with Crippen LogP contribution in [-0.4, -0.2) is 22.9 Å². The summed E-state index contributed by atoms with van der Waals surface area (Å²) in [6.07, 6.45) is 2.61. The Kier molecular flexibility index (Phi) is 5.39. The van der Waals surface area contributed by atoms with Crippen molar-refractivity contribution in [3.63, 3.8) is 0 Å². The summed E-state index contributed by atoms with van der Waals surface area (Å²) in [5, 5.41) is 0. The molecule has 1 aliphatic heterocycles. The quantitative estimate of drug-likeness (QED) is 0.926. The van der Waals surface area contributed by atoms with Crippen molar-refractivity contribution >= 4 is 18.3 Å². The van der Waals surface area contributed by atoms with Gasteiger partial charge >= 0.3 is 0 Å². The summed E-state index contributed by atoms with van der Waals surface area (Å²) in [6, 6.07) is 8.33. The van der Waals surface area contributed by atoms with Crippen LogP contribution in [0, 0.1) is 0 Å². The largest absolute Gasteiger partial charge is 0.336 e. The van der Waals surface area contributed by atoms with Crippen molar-refractivity contribution in [2.45, 2.75) is 45.2 Å². The molecule has 0 saturated heterocycles. The van der Waals surface area contributed by atoms with Crippen LogP contribution in [0.3, 0.4) is 0 Å². The molecule has 1 aromatic carbocycles. The topological polar surface area (TPSA) is 46.3 Å². The number of amides is 1. The molecule has 0 bridgehead atoms. The molecule has 0 radical (unpaired) electrons. The van der Waals surface area contributed by atoms with E-state index in [0.29, 0.717) is 6.54 Å². The molecule has 106 valence electrons. The van der Waals surface area contributed by atoms with Gasteiger partial charge in [-0.05, 0) is 30.9 Å². The Morgan fingerprint density at radius 1 is 1.37 bits per heavy atom. The van der Waals surface area contributed by atoms with E-state index in [-0.39, 0.29) is 18.3 Å². The van der Waals surface area contributed by atoms with Crippen LogP contribution < -0.4 is 5.73 Å². The number of hydrogen-bond acceptors (Lipinski definition) is 2. The number of rotatable bonds is 3. The molecule has 0 saturated carbocycles. The van der Waals surface area contributed by atoms with Crippen molar-refractivity contribution in [3.05, 3.63) is 35.4 Å². The van der Waals surface area contributed by atoms with Crippen LogP contribution in [0.4, 0.5) is 0 Å². The summed E-state index contributed by atoms with van der Waals surface area (Å²) in [5.74, 6) is 0.0823. The summed E-state index contributed by atoms with van der Waals surface area (Å²) in [7, 11) is 0. The zero-order chi connectivity index (χ0) is 13.2. The van der Waals surface area contributed by atoms with Gasteiger partial charge in [0.25, 0.3) is 0 Å². The predicted octanol–water partition coefficient (Wildman–Crippen LogP) is 2.51. The molecule has 4 heteroatoms. The van der Waals surface area contributed by atoms with Crippen LogP contribution in [0.2, 0.25) is 0 Å². The molecule has 1 heterocycles. The Hall–Kier alpha value is -1.06. The second kappa shape index (κ2) is 6.40. The molecule has 1 aliphatic rings. The van der Waals surface area contributed by atoms with Gasteiger partial charge in [0, 0.05) is 13.1 Å². The highest BCUT2D eigenvalue weighted by atomic mass is 35.5. The molecule has 1 unspecified atom stereocenters. The first-order valence-electron chi connectivity index (χ1n) is 6.69. The third-order valence-corrected chi connectivity index (χ3v) is 3.68. The summed E-state index contributed by atoms with van der Waals surface area (Å²) >= 11 is 0. The third kappa shape index (κ3) is 3.48. The lowest BCUT2D eigenvalue weighted by Crippen LogP contribution is -2.54. The number of carbonyl (C=O) groups excluding carboxylic acids is 1. The Bertz CT molecular complexity index is 446. The monoisotopic (exact) mass is 282 g/mol. The summed E-state index contributed by atoms with van der Waals surface area (Å²) in [4.78, 5) is 14.3. The lowest BCUT2D eigenvalue weighted by molar-refractivity contribution is -0.137. The highest BCUT2D eigenvalue weighted by Gasteiger charge is 2.33. The van der Waals surface area contributed by atoms with Gasteiger partial charge in [-0.3, -0.25) is 4.79 Å². The number of nitrogens with zero attached hydrogens (tertiary/aromatic N) is 1.